The maximum absolute atomic E-state index is 12.3. The third-order valence-electron chi connectivity index (χ3n) is 4.45. The topological polar surface area (TPSA) is 58.6 Å². The van der Waals surface area contributed by atoms with Gasteiger partial charge in [0.1, 0.15) is 5.75 Å². The van der Waals surface area contributed by atoms with E-state index < -0.39 is 0 Å². The molecule has 0 aromatic heterocycles. The van der Waals surface area contributed by atoms with Gasteiger partial charge in [-0.3, -0.25) is 9.59 Å². The lowest BCUT2D eigenvalue weighted by Crippen LogP contribution is -2.34. The van der Waals surface area contributed by atoms with Gasteiger partial charge < -0.3 is 15.0 Å². The van der Waals surface area contributed by atoms with Gasteiger partial charge in [0.25, 0.3) is 0 Å². The van der Waals surface area contributed by atoms with Crippen molar-refractivity contribution in [2.45, 2.75) is 25.8 Å². The van der Waals surface area contributed by atoms with Gasteiger partial charge in [0.15, 0.2) is 5.78 Å². The fraction of sp³-hybridized carbons (Fsp3) is 0.364. The Morgan fingerprint density at radius 3 is 2.36 bits per heavy atom. The van der Waals surface area contributed by atoms with Crippen LogP contribution in [-0.4, -0.2) is 43.8 Å². The fourth-order valence-corrected chi connectivity index (χ4v) is 3.15. The average molecular weight is 403 g/mol. The number of carbonyl (C=O) groups excluding carboxylic acids is 2. The lowest BCUT2D eigenvalue weighted by molar-refractivity contribution is -0.121. The number of benzene rings is 2. The first kappa shape index (κ1) is 21.9. The first-order valence-electron chi connectivity index (χ1n) is 9.36. The van der Waals surface area contributed by atoms with Crippen molar-refractivity contribution in [3.8, 4) is 5.75 Å². The molecule has 0 aliphatic carbocycles. The van der Waals surface area contributed by atoms with Crippen molar-refractivity contribution in [2.24, 2.45) is 0 Å². The highest BCUT2D eigenvalue weighted by Gasteiger charge is 2.18. The Balaban J connectivity index is 1.85. The standard InChI is InChI=1S/C22H27ClN2O3/c1-4-28-17-11-9-16(10-12-17)21(26)13-14-22(27)24-15-20(25(2)3)18-7-5-6-8-19(18)23/h5-12,20H,4,13-15H2,1-3H3,(H,24,27). The number of nitrogens with one attached hydrogen (secondary N) is 1. The molecule has 0 saturated carbocycles. The SMILES string of the molecule is CCOc1ccc(C(=O)CCC(=O)NCC(c2ccccc2Cl)N(C)C)cc1. The Bertz CT molecular complexity index is 791. The summed E-state index contributed by atoms with van der Waals surface area (Å²) < 4.78 is 5.37. The normalized spacial score (nSPS) is 11.9. The third kappa shape index (κ3) is 6.36. The summed E-state index contributed by atoms with van der Waals surface area (Å²) in [5, 5.41) is 3.58. The van der Waals surface area contributed by atoms with Crippen LogP contribution >= 0.6 is 11.6 Å². The van der Waals surface area contributed by atoms with Gasteiger partial charge >= 0.3 is 0 Å². The lowest BCUT2D eigenvalue weighted by Gasteiger charge is -2.26. The van der Waals surface area contributed by atoms with E-state index in [1.807, 2.05) is 50.2 Å². The molecule has 2 aromatic rings. The van der Waals surface area contributed by atoms with E-state index in [4.69, 9.17) is 16.3 Å². The van der Waals surface area contributed by atoms with Crippen LogP contribution in [-0.2, 0) is 4.79 Å². The summed E-state index contributed by atoms with van der Waals surface area (Å²) in [5.41, 5.74) is 1.54. The predicted octanol–water partition coefficient (Wildman–Crippen LogP) is 4.12. The lowest BCUT2D eigenvalue weighted by atomic mass is 10.0. The van der Waals surface area contributed by atoms with Gasteiger partial charge in [0.05, 0.1) is 12.6 Å². The van der Waals surface area contributed by atoms with Crippen molar-refractivity contribution in [1.29, 1.82) is 0 Å². The number of hydrogen-bond acceptors (Lipinski definition) is 4. The molecule has 0 spiro atoms. The second kappa shape index (κ2) is 10.8. The van der Waals surface area contributed by atoms with Crippen LogP contribution in [0.5, 0.6) is 5.75 Å². The van der Waals surface area contributed by atoms with E-state index >= 15 is 0 Å². The van der Waals surface area contributed by atoms with Gasteiger partial charge in [-0.15, -0.1) is 0 Å². The zero-order valence-electron chi connectivity index (χ0n) is 16.6. The van der Waals surface area contributed by atoms with Crippen LogP contribution in [0.15, 0.2) is 48.5 Å². The molecular weight excluding hydrogens is 376 g/mol. The van der Waals surface area contributed by atoms with Crippen LogP contribution in [0, 0.1) is 0 Å². The molecule has 0 radical (unpaired) electrons. The minimum atomic E-state index is -0.154. The maximum Gasteiger partial charge on any atom is 0.220 e. The number of ether oxygens (including phenoxy) is 1. The summed E-state index contributed by atoms with van der Waals surface area (Å²) in [4.78, 5) is 26.5. The number of Topliss-reactive ketones (excluding diaryl/α,β-unsaturated/α-hetero) is 1. The summed E-state index contributed by atoms with van der Waals surface area (Å²) in [6.07, 6.45) is 0.313. The molecule has 0 aliphatic rings. The molecule has 0 fully saturated rings. The highest BCUT2D eigenvalue weighted by Crippen LogP contribution is 2.25. The summed E-state index contributed by atoms with van der Waals surface area (Å²) in [6.45, 7) is 2.91. The van der Waals surface area contributed by atoms with Gasteiger partial charge in [-0.25, -0.2) is 0 Å². The van der Waals surface area contributed by atoms with Gasteiger partial charge in [-0.2, -0.15) is 0 Å². The molecule has 1 amide bonds. The molecule has 150 valence electrons. The zero-order valence-corrected chi connectivity index (χ0v) is 17.3. The molecule has 1 unspecified atom stereocenters. The fourth-order valence-electron chi connectivity index (χ4n) is 2.89. The van der Waals surface area contributed by atoms with Crippen LogP contribution in [0.2, 0.25) is 5.02 Å². The van der Waals surface area contributed by atoms with Crippen molar-refractivity contribution in [2.75, 3.05) is 27.2 Å². The molecule has 1 N–H and O–H groups in total. The van der Waals surface area contributed by atoms with Crippen molar-refractivity contribution in [3.63, 3.8) is 0 Å². The molecule has 0 heterocycles. The van der Waals surface area contributed by atoms with Crippen LogP contribution in [0.4, 0.5) is 0 Å². The molecule has 2 rings (SSSR count). The summed E-state index contributed by atoms with van der Waals surface area (Å²) >= 11 is 6.29. The highest BCUT2D eigenvalue weighted by atomic mass is 35.5. The molecule has 6 heteroatoms. The Kier molecular flexibility index (Phi) is 8.48. The Labute approximate surface area is 171 Å². The molecule has 0 aliphatic heterocycles. The number of ketones is 1. The minimum absolute atomic E-state index is 0.0422. The molecule has 0 bridgehead atoms. The number of rotatable bonds is 10. The highest BCUT2D eigenvalue weighted by molar-refractivity contribution is 6.31. The second-order valence-electron chi connectivity index (χ2n) is 6.69. The maximum atomic E-state index is 12.3. The first-order valence-corrected chi connectivity index (χ1v) is 9.73. The van der Waals surface area contributed by atoms with Crippen molar-refractivity contribution < 1.29 is 14.3 Å². The van der Waals surface area contributed by atoms with Gasteiger partial charge in [0, 0.05) is 30.0 Å². The van der Waals surface area contributed by atoms with Gasteiger partial charge in [-0.1, -0.05) is 29.8 Å². The molecule has 28 heavy (non-hydrogen) atoms. The Morgan fingerprint density at radius 2 is 1.75 bits per heavy atom. The molecule has 0 saturated heterocycles. The average Bonchev–Trinajstić information content (AvgIpc) is 2.68. The molecular formula is C22H27ClN2O3. The Morgan fingerprint density at radius 1 is 1.07 bits per heavy atom. The van der Waals surface area contributed by atoms with Crippen LogP contribution < -0.4 is 10.1 Å². The van der Waals surface area contributed by atoms with Gasteiger partial charge in [0.2, 0.25) is 5.91 Å². The first-order chi connectivity index (χ1) is 13.4. The summed E-state index contributed by atoms with van der Waals surface area (Å²) in [5.74, 6) is 0.512. The van der Waals surface area contributed by atoms with E-state index in [-0.39, 0.29) is 30.6 Å². The van der Waals surface area contributed by atoms with E-state index in [1.54, 1.807) is 24.3 Å². The van der Waals surface area contributed by atoms with Crippen LogP contribution in [0.1, 0.15) is 41.7 Å². The zero-order chi connectivity index (χ0) is 20.5. The van der Waals surface area contributed by atoms with E-state index in [1.165, 1.54) is 0 Å². The predicted molar refractivity (Wildman–Crippen MR) is 112 cm³/mol. The largest absolute Gasteiger partial charge is 0.494 e. The number of halogens is 1. The van der Waals surface area contributed by atoms with E-state index in [9.17, 15) is 9.59 Å². The molecule has 1 atom stereocenters. The number of nitrogens with zero attached hydrogens (tertiary/aromatic N) is 1. The monoisotopic (exact) mass is 402 g/mol. The minimum Gasteiger partial charge on any atom is -0.494 e. The number of amides is 1. The number of carbonyl (C=O) groups is 2. The van der Waals surface area contributed by atoms with Gasteiger partial charge in [-0.05, 0) is 56.9 Å². The van der Waals surface area contributed by atoms with Crippen LogP contribution in [0.3, 0.4) is 0 Å². The van der Waals surface area contributed by atoms with E-state index in [2.05, 4.69) is 5.32 Å². The number of likely N-dealkylation sites (N-methyl/N-ethyl adjacent to an activating group) is 1. The van der Waals surface area contributed by atoms with Crippen molar-refractivity contribution in [3.05, 3.63) is 64.7 Å². The smallest absolute Gasteiger partial charge is 0.220 e. The van der Waals surface area contributed by atoms with E-state index in [0.29, 0.717) is 23.7 Å². The van der Waals surface area contributed by atoms with Crippen LogP contribution in [0.25, 0.3) is 0 Å². The number of hydrogen-bond donors (Lipinski definition) is 1. The molecule has 2 aromatic carbocycles. The molecule has 5 nitrogen and oxygen atoms in total. The Hall–Kier alpha value is -2.37. The summed E-state index contributed by atoms with van der Waals surface area (Å²) in [6, 6.07) is 14.5. The quantitative estimate of drug-likeness (QED) is 0.607. The summed E-state index contributed by atoms with van der Waals surface area (Å²) in [7, 11) is 3.88. The van der Waals surface area contributed by atoms with Crippen molar-refractivity contribution in [1.82, 2.24) is 10.2 Å². The van der Waals surface area contributed by atoms with E-state index in [0.717, 1.165) is 11.3 Å². The van der Waals surface area contributed by atoms with Crippen molar-refractivity contribution >= 4 is 23.3 Å². The second-order valence-corrected chi connectivity index (χ2v) is 7.09. The third-order valence-corrected chi connectivity index (χ3v) is 4.79.